The zero-order chi connectivity index (χ0) is 13.7. The molecule has 0 saturated carbocycles. The molecule has 2 heterocycles. The van der Waals surface area contributed by atoms with Gasteiger partial charge < -0.3 is 9.72 Å². The predicted molar refractivity (Wildman–Crippen MR) is 79.4 cm³/mol. The average Bonchev–Trinajstić information content (AvgIpc) is 2.78. The monoisotopic (exact) mass is 277 g/mol. The molecule has 0 spiro atoms. The van der Waals surface area contributed by atoms with Crippen molar-refractivity contribution in [2.75, 3.05) is 12.3 Å². The third-order valence-electron chi connectivity index (χ3n) is 2.82. The van der Waals surface area contributed by atoms with Crippen molar-refractivity contribution in [3.05, 3.63) is 35.8 Å². The molecule has 5 heteroatoms. The Labute approximate surface area is 117 Å². The van der Waals surface area contributed by atoms with Crippen molar-refractivity contribution in [3.8, 4) is 0 Å². The van der Waals surface area contributed by atoms with E-state index in [1.165, 1.54) is 5.56 Å². The van der Waals surface area contributed by atoms with Gasteiger partial charge in [-0.25, -0.2) is 4.98 Å². The summed E-state index contributed by atoms with van der Waals surface area (Å²) < 4.78 is 2.07. The fraction of sp³-hybridized carbons (Fsp3) is 0.429. The maximum absolute atomic E-state index is 10.7. The smallest absolute Gasteiger partial charge is 0.216 e. The number of carbonyl (C=O) groups excluding carboxylic acids is 1. The van der Waals surface area contributed by atoms with Crippen molar-refractivity contribution in [1.82, 2.24) is 14.7 Å². The van der Waals surface area contributed by atoms with E-state index >= 15 is 0 Å². The fourth-order valence-corrected chi connectivity index (χ4v) is 2.73. The Morgan fingerprint density at radius 2 is 2.37 bits per heavy atom. The summed E-state index contributed by atoms with van der Waals surface area (Å²) in [6, 6.07) is 4.11. The zero-order valence-electron chi connectivity index (χ0n) is 11.3. The summed E-state index contributed by atoms with van der Waals surface area (Å²) in [5.74, 6) is 2.00. The predicted octanol–water partition coefficient (Wildman–Crippen LogP) is 2.40. The summed E-state index contributed by atoms with van der Waals surface area (Å²) in [6.45, 7) is 4.38. The van der Waals surface area contributed by atoms with Crippen LogP contribution in [0.4, 0.5) is 0 Å². The number of nitrogens with one attached hydrogen (secondary N) is 1. The maximum Gasteiger partial charge on any atom is 0.216 e. The molecule has 0 fully saturated rings. The Bertz CT molecular complexity index is 565. The van der Waals surface area contributed by atoms with Gasteiger partial charge in [0.15, 0.2) is 0 Å². The largest absolute Gasteiger partial charge is 0.356 e. The normalized spacial score (nSPS) is 10.8. The van der Waals surface area contributed by atoms with Crippen LogP contribution in [0.25, 0.3) is 5.65 Å². The number of fused-ring (bicyclic) bond motifs is 1. The van der Waals surface area contributed by atoms with E-state index in [1.807, 2.05) is 24.0 Å². The minimum atomic E-state index is 0.0424. The third-order valence-corrected chi connectivity index (χ3v) is 3.89. The molecule has 4 nitrogen and oxygen atoms in total. The average molecular weight is 277 g/mol. The number of pyridine rings is 1. The molecule has 0 unspecified atom stereocenters. The van der Waals surface area contributed by atoms with Crippen LogP contribution in [0, 0.1) is 6.92 Å². The lowest BCUT2D eigenvalue weighted by Gasteiger charge is -2.01. The van der Waals surface area contributed by atoms with E-state index in [0.717, 1.165) is 35.8 Å². The molecule has 0 radical (unpaired) electrons. The van der Waals surface area contributed by atoms with E-state index in [2.05, 4.69) is 33.9 Å². The number of carbonyl (C=O) groups is 1. The van der Waals surface area contributed by atoms with Gasteiger partial charge in [0.2, 0.25) is 5.91 Å². The Hall–Kier alpha value is -1.49. The number of amides is 1. The molecule has 0 aliphatic rings. The molecule has 2 aromatic rings. The lowest BCUT2D eigenvalue weighted by Crippen LogP contribution is -2.21. The highest BCUT2D eigenvalue weighted by Crippen LogP contribution is 2.15. The van der Waals surface area contributed by atoms with Crippen LogP contribution < -0.4 is 5.32 Å². The van der Waals surface area contributed by atoms with Crippen LogP contribution in [0.15, 0.2) is 24.5 Å². The summed E-state index contributed by atoms with van der Waals surface area (Å²) in [7, 11) is 0. The standard InChI is InChI=1S/C14H19N3OS/c1-11-5-3-7-17-9-13(16-14(11)17)10-19-8-4-6-15-12(2)18/h3,5,7,9H,4,6,8,10H2,1-2H3,(H,15,18). The van der Waals surface area contributed by atoms with Gasteiger partial charge in [0.25, 0.3) is 0 Å². The first kappa shape index (κ1) is 13.9. The topological polar surface area (TPSA) is 46.4 Å². The van der Waals surface area contributed by atoms with Crippen molar-refractivity contribution in [1.29, 1.82) is 0 Å². The van der Waals surface area contributed by atoms with E-state index in [9.17, 15) is 4.79 Å². The van der Waals surface area contributed by atoms with Crippen LogP contribution in [-0.4, -0.2) is 27.6 Å². The van der Waals surface area contributed by atoms with Gasteiger partial charge in [-0.1, -0.05) is 6.07 Å². The number of rotatable bonds is 6. The van der Waals surface area contributed by atoms with Crippen LogP contribution in [0.3, 0.4) is 0 Å². The molecule has 1 N–H and O–H groups in total. The molecule has 2 rings (SSSR count). The number of imidazole rings is 1. The summed E-state index contributed by atoms with van der Waals surface area (Å²) >= 11 is 1.85. The molecule has 0 aromatic carbocycles. The van der Waals surface area contributed by atoms with Gasteiger partial charge in [-0.2, -0.15) is 11.8 Å². The molecule has 0 aliphatic heterocycles. The first-order valence-electron chi connectivity index (χ1n) is 6.42. The highest BCUT2D eigenvalue weighted by Gasteiger charge is 2.03. The number of thioether (sulfide) groups is 1. The summed E-state index contributed by atoms with van der Waals surface area (Å²) in [5, 5.41) is 2.80. The van der Waals surface area contributed by atoms with Gasteiger partial charge >= 0.3 is 0 Å². The van der Waals surface area contributed by atoms with Crippen LogP contribution in [0.5, 0.6) is 0 Å². The van der Waals surface area contributed by atoms with Gasteiger partial charge in [0.05, 0.1) is 5.69 Å². The molecule has 0 bridgehead atoms. The van der Waals surface area contributed by atoms with Gasteiger partial charge in [0, 0.05) is 31.6 Å². The van der Waals surface area contributed by atoms with E-state index < -0.39 is 0 Å². The van der Waals surface area contributed by atoms with Crippen molar-refractivity contribution in [2.45, 2.75) is 26.0 Å². The van der Waals surface area contributed by atoms with E-state index in [4.69, 9.17) is 0 Å². The van der Waals surface area contributed by atoms with Crippen molar-refractivity contribution in [3.63, 3.8) is 0 Å². The molecule has 19 heavy (non-hydrogen) atoms. The number of nitrogens with zero attached hydrogens (tertiary/aromatic N) is 2. The molecule has 102 valence electrons. The minimum Gasteiger partial charge on any atom is -0.356 e. The van der Waals surface area contributed by atoms with Crippen LogP contribution in [-0.2, 0) is 10.5 Å². The maximum atomic E-state index is 10.7. The number of hydrogen-bond acceptors (Lipinski definition) is 3. The van der Waals surface area contributed by atoms with E-state index in [1.54, 1.807) is 6.92 Å². The summed E-state index contributed by atoms with van der Waals surface area (Å²) in [4.78, 5) is 15.3. The Morgan fingerprint density at radius 1 is 1.53 bits per heavy atom. The molecular weight excluding hydrogens is 258 g/mol. The molecule has 0 aliphatic carbocycles. The van der Waals surface area contributed by atoms with Crippen molar-refractivity contribution >= 4 is 23.3 Å². The number of aromatic nitrogens is 2. The minimum absolute atomic E-state index is 0.0424. The Morgan fingerprint density at radius 3 is 3.11 bits per heavy atom. The number of hydrogen-bond donors (Lipinski definition) is 1. The SMILES string of the molecule is CC(=O)NCCCSCc1cn2cccc(C)c2n1. The Kier molecular flexibility index (Phi) is 4.85. The van der Waals surface area contributed by atoms with E-state index in [0.29, 0.717) is 0 Å². The van der Waals surface area contributed by atoms with Gasteiger partial charge in [-0.15, -0.1) is 0 Å². The molecule has 0 saturated heterocycles. The van der Waals surface area contributed by atoms with Crippen molar-refractivity contribution < 1.29 is 4.79 Å². The second-order valence-corrected chi connectivity index (χ2v) is 5.65. The second kappa shape index (κ2) is 6.61. The van der Waals surface area contributed by atoms with Crippen molar-refractivity contribution in [2.24, 2.45) is 0 Å². The Balaban J connectivity index is 1.79. The van der Waals surface area contributed by atoms with Gasteiger partial charge in [0.1, 0.15) is 5.65 Å². The molecular formula is C14H19N3OS. The second-order valence-electron chi connectivity index (χ2n) is 4.54. The fourth-order valence-electron chi connectivity index (χ4n) is 1.89. The van der Waals surface area contributed by atoms with Crippen LogP contribution >= 0.6 is 11.8 Å². The lowest BCUT2D eigenvalue weighted by molar-refractivity contribution is -0.118. The molecule has 1 amide bonds. The molecule has 0 atom stereocenters. The highest BCUT2D eigenvalue weighted by atomic mass is 32.2. The first-order valence-corrected chi connectivity index (χ1v) is 7.57. The lowest BCUT2D eigenvalue weighted by atomic mass is 10.3. The quantitative estimate of drug-likeness (QED) is 0.825. The third kappa shape index (κ3) is 3.99. The molecule has 2 aromatic heterocycles. The van der Waals surface area contributed by atoms with Gasteiger partial charge in [-0.05, 0) is 30.7 Å². The van der Waals surface area contributed by atoms with E-state index in [-0.39, 0.29) is 5.91 Å². The van der Waals surface area contributed by atoms with Crippen LogP contribution in [0.1, 0.15) is 24.6 Å². The zero-order valence-corrected chi connectivity index (χ0v) is 12.2. The summed E-state index contributed by atoms with van der Waals surface area (Å²) in [6.07, 6.45) is 5.11. The number of aryl methyl sites for hydroxylation is 1. The first-order chi connectivity index (χ1) is 9.16. The highest BCUT2D eigenvalue weighted by molar-refractivity contribution is 7.98. The van der Waals surface area contributed by atoms with Gasteiger partial charge in [-0.3, -0.25) is 4.79 Å². The van der Waals surface area contributed by atoms with Crippen LogP contribution in [0.2, 0.25) is 0 Å². The summed E-state index contributed by atoms with van der Waals surface area (Å²) in [5.41, 5.74) is 3.35.